The van der Waals surface area contributed by atoms with Crippen LogP contribution in [0.15, 0.2) is 27.6 Å². The number of rotatable bonds is 3. The van der Waals surface area contributed by atoms with Crippen molar-refractivity contribution in [2.75, 3.05) is 19.8 Å². The van der Waals surface area contributed by atoms with Gasteiger partial charge < -0.3 is 14.0 Å². The van der Waals surface area contributed by atoms with Crippen LogP contribution in [0.1, 0.15) is 42.3 Å². The summed E-state index contributed by atoms with van der Waals surface area (Å²) in [5.74, 6) is 1.72. The van der Waals surface area contributed by atoms with Crippen LogP contribution in [0.2, 0.25) is 0 Å². The largest absolute Gasteiger partial charge is 0.490 e. The zero-order valence-electron chi connectivity index (χ0n) is 14.9. The highest BCUT2D eigenvalue weighted by Crippen LogP contribution is 2.41. The molecule has 0 radical (unpaired) electrons. The molecule has 1 fully saturated rings. The Morgan fingerprint density at radius 2 is 1.88 bits per heavy atom. The van der Waals surface area contributed by atoms with E-state index in [9.17, 15) is 8.42 Å². The number of nitrogens with zero attached hydrogens (tertiary/aromatic N) is 2. The minimum absolute atomic E-state index is 0.179. The van der Waals surface area contributed by atoms with Crippen molar-refractivity contribution in [1.29, 1.82) is 0 Å². The first-order chi connectivity index (χ1) is 12.5. The summed E-state index contributed by atoms with van der Waals surface area (Å²) in [4.78, 5) is 0.179. The number of benzene rings is 1. The second-order valence-corrected chi connectivity index (χ2v) is 8.51. The molecule has 0 spiro atoms. The predicted molar refractivity (Wildman–Crippen MR) is 93.9 cm³/mol. The highest BCUT2D eigenvalue weighted by molar-refractivity contribution is 7.89. The zero-order chi connectivity index (χ0) is 18.3. The van der Waals surface area contributed by atoms with E-state index < -0.39 is 10.0 Å². The van der Waals surface area contributed by atoms with E-state index in [2.05, 4.69) is 5.16 Å². The molecule has 1 aromatic carbocycles. The smallest absolute Gasteiger partial charge is 0.249 e. The molecule has 8 heteroatoms. The highest BCUT2D eigenvalue weighted by atomic mass is 32.2. The van der Waals surface area contributed by atoms with E-state index in [0.717, 1.165) is 24.8 Å². The van der Waals surface area contributed by atoms with Gasteiger partial charge in [-0.1, -0.05) is 11.2 Å². The molecular formula is C18H22N2O5S. The Bertz CT molecular complexity index is 902. The van der Waals surface area contributed by atoms with Crippen molar-refractivity contribution in [3.05, 3.63) is 35.2 Å². The monoisotopic (exact) mass is 378 g/mol. The Morgan fingerprint density at radius 3 is 2.62 bits per heavy atom. The van der Waals surface area contributed by atoms with Crippen LogP contribution in [-0.4, -0.2) is 37.6 Å². The van der Waals surface area contributed by atoms with Crippen LogP contribution in [0, 0.1) is 13.8 Å². The van der Waals surface area contributed by atoms with Gasteiger partial charge in [-0.3, -0.25) is 0 Å². The van der Waals surface area contributed by atoms with Gasteiger partial charge in [0, 0.05) is 13.0 Å². The van der Waals surface area contributed by atoms with E-state index in [1.807, 2.05) is 18.2 Å². The second-order valence-electron chi connectivity index (χ2n) is 6.68. The Hall–Kier alpha value is -2.06. The molecule has 0 bridgehead atoms. The molecule has 0 saturated carbocycles. The van der Waals surface area contributed by atoms with Gasteiger partial charge in [-0.05, 0) is 44.4 Å². The second kappa shape index (κ2) is 6.59. The van der Waals surface area contributed by atoms with Gasteiger partial charge >= 0.3 is 0 Å². The number of hydrogen-bond donors (Lipinski definition) is 0. The van der Waals surface area contributed by atoms with Gasteiger partial charge in [-0.15, -0.1) is 0 Å². The predicted octanol–water partition coefficient (Wildman–Crippen LogP) is 2.98. The topological polar surface area (TPSA) is 81.9 Å². The van der Waals surface area contributed by atoms with Gasteiger partial charge in [0.25, 0.3) is 0 Å². The van der Waals surface area contributed by atoms with Crippen LogP contribution in [0.25, 0.3) is 0 Å². The third-order valence-corrected chi connectivity index (χ3v) is 7.05. The fraction of sp³-hybridized carbons (Fsp3) is 0.500. The Morgan fingerprint density at radius 1 is 1.12 bits per heavy atom. The van der Waals surface area contributed by atoms with Crippen molar-refractivity contribution in [3.8, 4) is 11.5 Å². The van der Waals surface area contributed by atoms with Gasteiger partial charge in [0.05, 0.1) is 19.3 Å². The first-order valence-electron chi connectivity index (χ1n) is 8.83. The van der Waals surface area contributed by atoms with E-state index in [4.69, 9.17) is 14.0 Å². The summed E-state index contributed by atoms with van der Waals surface area (Å²) in [6, 6.07) is 5.48. The van der Waals surface area contributed by atoms with Gasteiger partial charge in [-0.25, -0.2) is 8.42 Å². The quantitative estimate of drug-likeness (QED) is 0.817. The van der Waals surface area contributed by atoms with Crippen molar-refractivity contribution >= 4 is 10.0 Å². The summed E-state index contributed by atoms with van der Waals surface area (Å²) in [5, 5.41) is 3.80. The van der Waals surface area contributed by atoms with Crippen molar-refractivity contribution in [3.63, 3.8) is 0 Å². The van der Waals surface area contributed by atoms with Crippen molar-refractivity contribution in [2.45, 2.75) is 44.0 Å². The SMILES string of the molecule is Cc1noc(C)c1S(=O)(=O)N1CCC[C@@H]1c1ccc2c(c1)OCCCO2. The summed E-state index contributed by atoms with van der Waals surface area (Å²) in [6.07, 6.45) is 2.41. The molecule has 1 atom stereocenters. The summed E-state index contributed by atoms with van der Waals surface area (Å²) in [6.45, 7) is 4.99. The molecule has 0 amide bonds. The van der Waals surface area contributed by atoms with Crippen LogP contribution in [0.3, 0.4) is 0 Å². The average Bonchev–Trinajstić information content (AvgIpc) is 3.16. The average molecular weight is 378 g/mol. The third kappa shape index (κ3) is 2.87. The lowest BCUT2D eigenvalue weighted by Crippen LogP contribution is -2.31. The molecule has 0 N–H and O–H groups in total. The van der Waals surface area contributed by atoms with Gasteiger partial charge in [0.1, 0.15) is 10.6 Å². The Kier molecular flexibility index (Phi) is 4.40. The molecule has 1 saturated heterocycles. The first-order valence-corrected chi connectivity index (χ1v) is 10.3. The van der Waals surface area contributed by atoms with Gasteiger partial charge in [0.15, 0.2) is 17.3 Å². The summed E-state index contributed by atoms with van der Waals surface area (Å²) in [7, 11) is -3.68. The number of aromatic nitrogens is 1. The van der Waals surface area contributed by atoms with Crippen LogP contribution in [0.4, 0.5) is 0 Å². The van der Waals surface area contributed by atoms with Crippen molar-refractivity contribution in [2.24, 2.45) is 0 Å². The maximum atomic E-state index is 13.2. The molecule has 1 aromatic heterocycles. The van der Waals surface area contributed by atoms with Crippen LogP contribution >= 0.6 is 0 Å². The fourth-order valence-electron chi connectivity index (χ4n) is 3.71. The van der Waals surface area contributed by atoms with Crippen molar-refractivity contribution in [1.82, 2.24) is 9.46 Å². The summed E-state index contributed by atoms with van der Waals surface area (Å²) in [5.41, 5.74) is 1.31. The molecule has 0 unspecified atom stereocenters. The molecule has 2 aliphatic rings. The molecule has 7 nitrogen and oxygen atoms in total. The highest BCUT2D eigenvalue weighted by Gasteiger charge is 2.39. The molecular weight excluding hydrogens is 356 g/mol. The van der Waals surface area contributed by atoms with Crippen molar-refractivity contribution < 1.29 is 22.4 Å². The summed E-state index contributed by atoms with van der Waals surface area (Å²) < 4.78 is 44.5. The standard InChI is InChI=1S/C18H22N2O5S/c1-12-18(13(2)25-19-12)26(21,22)20-8-3-5-15(20)14-6-7-16-17(11-14)24-10-4-9-23-16/h6-7,11,15H,3-5,8-10H2,1-2H3/t15-/m1/s1. The van der Waals surface area contributed by atoms with E-state index in [1.165, 1.54) is 0 Å². The maximum Gasteiger partial charge on any atom is 0.249 e. The molecule has 2 aromatic rings. The molecule has 0 aliphatic carbocycles. The number of fused-ring (bicyclic) bond motifs is 1. The number of hydrogen-bond acceptors (Lipinski definition) is 6. The molecule has 3 heterocycles. The lowest BCUT2D eigenvalue weighted by Gasteiger charge is -2.25. The minimum Gasteiger partial charge on any atom is -0.490 e. The number of sulfonamides is 1. The van der Waals surface area contributed by atoms with E-state index in [-0.39, 0.29) is 10.9 Å². The summed E-state index contributed by atoms with van der Waals surface area (Å²) >= 11 is 0. The van der Waals surface area contributed by atoms with Gasteiger partial charge in [0.2, 0.25) is 10.0 Å². The van der Waals surface area contributed by atoms with Gasteiger partial charge in [-0.2, -0.15) is 4.31 Å². The maximum absolute atomic E-state index is 13.2. The Balaban J connectivity index is 1.70. The van der Waals surface area contributed by atoms with Crippen LogP contribution in [-0.2, 0) is 10.0 Å². The lowest BCUT2D eigenvalue weighted by atomic mass is 10.0. The van der Waals surface area contributed by atoms with Crippen LogP contribution < -0.4 is 9.47 Å². The zero-order valence-corrected chi connectivity index (χ0v) is 15.7. The lowest BCUT2D eigenvalue weighted by molar-refractivity contribution is 0.296. The first kappa shape index (κ1) is 17.4. The fourth-order valence-corrected chi connectivity index (χ4v) is 5.69. The van der Waals surface area contributed by atoms with Crippen LogP contribution in [0.5, 0.6) is 11.5 Å². The normalized spacial score (nSPS) is 20.9. The Labute approximate surface area is 152 Å². The molecule has 2 aliphatic heterocycles. The minimum atomic E-state index is -3.68. The number of aryl methyl sites for hydroxylation is 2. The number of ether oxygens (including phenoxy) is 2. The third-order valence-electron chi connectivity index (χ3n) is 4.89. The van der Waals surface area contributed by atoms with E-state index >= 15 is 0 Å². The van der Waals surface area contributed by atoms with E-state index in [0.29, 0.717) is 42.7 Å². The van der Waals surface area contributed by atoms with E-state index in [1.54, 1.807) is 18.2 Å². The molecule has 140 valence electrons. The molecule has 26 heavy (non-hydrogen) atoms. The molecule has 4 rings (SSSR count).